The van der Waals surface area contributed by atoms with Gasteiger partial charge < -0.3 is 33.8 Å². The van der Waals surface area contributed by atoms with Crippen LogP contribution in [0.15, 0.2) is 0 Å². The summed E-state index contributed by atoms with van der Waals surface area (Å²) in [4.78, 5) is 72.0. The zero-order valence-corrected chi connectivity index (χ0v) is 53.5. The minimum absolute atomic E-state index is 0.101. The number of carbonyl (C=O) groups excluding carboxylic acids is 4. The molecule has 0 aromatic heterocycles. The van der Waals surface area contributed by atoms with E-state index in [1.54, 1.807) is 0 Å². The average molecular weight is 1190 g/mol. The van der Waals surface area contributed by atoms with Gasteiger partial charge in [-0.2, -0.15) is 0 Å². The summed E-state index contributed by atoms with van der Waals surface area (Å²) in [5, 5.41) is 10.5. The Morgan fingerprint density at radius 3 is 0.887 bits per heavy atom. The van der Waals surface area contributed by atoms with Crippen molar-refractivity contribution in [3.05, 3.63) is 0 Å². The molecule has 0 saturated carbocycles. The zero-order valence-electron chi connectivity index (χ0n) is 51.7. The molecule has 0 aliphatic carbocycles. The van der Waals surface area contributed by atoms with E-state index in [-0.39, 0.29) is 25.7 Å². The number of ether oxygens (including phenoxy) is 4. The summed E-state index contributed by atoms with van der Waals surface area (Å²) in [7, 11) is -9.88. The maximum atomic E-state index is 12.9. The molecule has 4 unspecified atom stereocenters. The van der Waals surface area contributed by atoms with Gasteiger partial charge in [-0.1, -0.05) is 235 Å². The number of carbonyl (C=O) groups is 4. The maximum absolute atomic E-state index is 12.9. The minimum atomic E-state index is -4.94. The van der Waals surface area contributed by atoms with Crippen LogP contribution >= 0.6 is 15.6 Å². The highest BCUT2D eigenvalue weighted by atomic mass is 31.2. The van der Waals surface area contributed by atoms with Gasteiger partial charge in [-0.15, -0.1) is 0 Å². The molecule has 3 N–H and O–H groups in total. The molecule has 19 heteroatoms. The van der Waals surface area contributed by atoms with Crippen LogP contribution in [0.2, 0.25) is 0 Å². The number of phosphoric ester groups is 2. The molecular weight excluding hydrogens is 1070 g/mol. The lowest BCUT2D eigenvalue weighted by molar-refractivity contribution is -0.161. The van der Waals surface area contributed by atoms with E-state index in [9.17, 15) is 43.2 Å². The number of rotatable bonds is 58. The molecule has 0 radical (unpaired) electrons. The summed E-state index contributed by atoms with van der Waals surface area (Å²) in [5.41, 5.74) is 0. The largest absolute Gasteiger partial charge is 0.472 e. The van der Waals surface area contributed by atoms with Crippen LogP contribution in [0.3, 0.4) is 0 Å². The first kappa shape index (κ1) is 78.1. The fourth-order valence-corrected chi connectivity index (χ4v) is 10.4. The number of aliphatic hydroxyl groups is 1. The summed E-state index contributed by atoms with van der Waals surface area (Å²) in [6.07, 6.45) is 29.7. The monoisotopic (exact) mass is 1180 g/mol. The van der Waals surface area contributed by atoms with Gasteiger partial charge in [0.15, 0.2) is 12.2 Å². The molecule has 0 fully saturated rings. The maximum Gasteiger partial charge on any atom is 0.472 e. The zero-order chi connectivity index (χ0) is 59.7. The van der Waals surface area contributed by atoms with Crippen LogP contribution in [0.1, 0.15) is 287 Å². The lowest BCUT2D eigenvalue weighted by Crippen LogP contribution is -2.30. The van der Waals surface area contributed by atoms with Crippen molar-refractivity contribution in [1.29, 1.82) is 0 Å². The summed E-state index contributed by atoms with van der Waals surface area (Å²) < 4.78 is 67.8. The van der Waals surface area contributed by atoms with Gasteiger partial charge in [-0.25, -0.2) is 9.13 Å². The third-order valence-corrected chi connectivity index (χ3v) is 16.1. The molecule has 0 aromatic carbocycles. The molecule has 0 rings (SSSR count). The van der Waals surface area contributed by atoms with Gasteiger partial charge >= 0.3 is 39.5 Å². The molecule has 0 aromatic rings. The first-order valence-electron chi connectivity index (χ1n) is 31.7. The normalized spacial score (nSPS) is 14.9. The fraction of sp³-hybridized carbons (Fsp3) is 0.934. The third kappa shape index (κ3) is 54.0. The number of hydrogen-bond acceptors (Lipinski definition) is 15. The smallest absolute Gasteiger partial charge is 0.462 e. The van der Waals surface area contributed by atoms with Gasteiger partial charge in [-0.3, -0.25) is 37.3 Å². The first-order chi connectivity index (χ1) is 38.1. The van der Waals surface area contributed by atoms with Gasteiger partial charge in [0, 0.05) is 25.7 Å². The Labute approximate surface area is 486 Å². The second kappa shape index (κ2) is 51.5. The highest BCUT2D eigenvalue weighted by Crippen LogP contribution is 2.45. The van der Waals surface area contributed by atoms with Crippen LogP contribution in [0.25, 0.3) is 0 Å². The number of aliphatic hydroxyl groups excluding tert-OH is 1. The second-order valence-corrected chi connectivity index (χ2v) is 26.7. The second-order valence-electron chi connectivity index (χ2n) is 23.8. The highest BCUT2D eigenvalue weighted by molar-refractivity contribution is 7.47. The summed E-state index contributed by atoms with van der Waals surface area (Å²) in [5.74, 6) is 0.671. The van der Waals surface area contributed by atoms with Gasteiger partial charge in [0.25, 0.3) is 0 Å². The number of esters is 4. The van der Waals surface area contributed by atoms with Gasteiger partial charge in [0.2, 0.25) is 0 Å². The molecule has 474 valence electrons. The summed E-state index contributed by atoms with van der Waals surface area (Å²) >= 11 is 0. The van der Waals surface area contributed by atoms with E-state index in [0.29, 0.717) is 37.5 Å². The van der Waals surface area contributed by atoms with Crippen LogP contribution in [0.5, 0.6) is 0 Å². The predicted molar refractivity (Wildman–Crippen MR) is 317 cm³/mol. The average Bonchev–Trinajstić information content (AvgIpc) is 3.40. The summed E-state index contributed by atoms with van der Waals surface area (Å²) in [6.45, 7) is 13.8. The van der Waals surface area contributed by atoms with E-state index in [4.69, 9.17) is 37.0 Å². The fourth-order valence-electron chi connectivity index (χ4n) is 8.87. The van der Waals surface area contributed by atoms with Crippen LogP contribution in [0, 0.1) is 23.7 Å². The van der Waals surface area contributed by atoms with Crippen molar-refractivity contribution < 1.29 is 80.2 Å². The number of unbranched alkanes of at least 4 members (excludes halogenated alkanes) is 23. The lowest BCUT2D eigenvalue weighted by atomic mass is 10.00. The SMILES string of the molecule is CCC(C)CCCCCCCCC(=O)O[C@H](COC(=O)CCCCCCCCCC(C)C)COP(=O)(O)OCC(O)COP(=O)(O)OC[C@@H](COC(=O)CCCCCCCCCCC(C)C)OC(=O)CCCCCCCCC(C)C. The van der Waals surface area contributed by atoms with E-state index in [1.165, 1.54) is 83.5 Å². The molecule has 6 atom stereocenters. The summed E-state index contributed by atoms with van der Waals surface area (Å²) in [6, 6.07) is 0. The van der Waals surface area contributed by atoms with Gasteiger partial charge in [0.1, 0.15) is 19.3 Å². The molecule has 0 aliphatic rings. The molecule has 80 heavy (non-hydrogen) atoms. The van der Waals surface area contributed by atoms with Crippen molar-refractivity contribution in [2.75, 3.05) is 39.6 Å². The van der Waals surface area contributed by atoms with E-state index in [2.05, 4.69) is 55.4 Å². The Kier molecular flexibility index (Phi) is 50.2. The standard InChI is InChI=1S/C61H118O17P2/c1-9-54(8)40-32-24-18-20-28-36-44-61(66)78-57(48-72-59(64)42-34-26-16-12-14-22-30-38-52(4)5)50-76-80(69,70)74-46-55(62)45-73-79(67,68)75-49-56(77-60(65)43-35-27-19-17-23-31-39-53(6)7)47-71-58(63)41-33-25-15-11-10-13-21-29-37-51(2)3/h51-57,62H,9-50H2,1-8H3,(H,67,68)(H,69,70)/t54?,55?,56-,57-/m1/s1. The number of hydrogen-bond donors (Lipinski definition) is 3. The van der Waals surface area contributed by atoms with Crippen LogP contribution < -0.4 is 0 Å². The molecule has 0 amide bonds. The predicted octanol–water partition coefficient (Wildman–Crippen LogP) is 16.2. The van der Waals surface area contributed by atoms with Gasteiger partial charge in [-0.05, 0) is 49.4 Å². The molecule has 0 saturated heterocycles. The number of phosphoric acid groups is 2. The van der Waals surface area contributed by atoms with Crippen molar-refractivity contribution in [2.45, 2.75) is 305 Å². The van der Waals surface area contributed by atoms with Crippen molar-refractivity contribution in [2.24, 2.45) is 23.7 Å². The molecule has 0 heterocycles. The molecule has 0 aliphatic heterocycles. The highest BCUT2D eigenvalue weighted by Gasteiger charge is 2.30. The minimum Gasteiger partial charge on any atom is -0.462 e. The molecule has 0 bridgehead atoms. The molecular formula is C61H118O17P2. The van der Waals surface area contributed by atoms with Crippen LogP contribution in [-0.4, -0.2) is 96.7 Å². The molecule has 17 nitrogen and oxygen atoms in total. The Hall–Kier alpha value is -1.94. The van der Waals surface area contributed by atoms with E-state index < -0.39 is 97.5 Å². The van der Waals surface area contributed by atoms with Crippen LogP contribution in [0.4, 0.5) is 0 Å². The van der Waals surface area contributed by atoms with Crippen molar-refractivity contribution in [1.82, 2.24) is 0 Å². The Bertz CT molecular complexity index is 1610. The van der Waals surface area contributed by atoms with E-state index >= 15 is 0 Å². The van der Waals surface area contributed by atoms with Crippen molar-refractivity contribution >= 4 is 39.5 Å². The molecule has 0 spiro atoms. The van der Waals surface area contributed by atoms with E-state index in [1.807, 2.05) is 0 Å². The van der Waals surface area contributed by atoms with E-state index in [0.717, 1.165) is 108 Å². The Morgan fingerprint density at radius 1 is 0.350 bits per heavy atom. The van der Waals surface area contributed by atoms with Crippen molar-refractivity contribution in [3.63, 3.8) is 0 Å². The third-order valence-electron chi connectivity index (χ3n) is 14.2. The van der Waals surface area contributed by atoms with Crippen molar-refractivity contribution in [3.8, 4) is 0 Å². The van der Waals surface area contributed by atoms with Gasteiger partial charge in [0.05, 0.1) is 26.4 Å². The Balaban J connectivity index is 5.25. The topological polar surface area (TPSA) is 237 Å². The first-order valence-corrected chi connectivity index (χ1v) is 34.7. The Morgan fingerprint density at radius 2 is 0.600 bits per heavy atom. The lowest BCUT2D eigenvalue weighted by Gasteiger charge is -2.21. The van der Waals surface area contributed by atoms with Crippen LogP contribution in [-0.2, 0) is 65.4 Å². The quantitative estimate of drug-likeness (QED) is 0.0222.